The lowest BCUT2D eigenvalue weighted by atomic mass is 10.2. The molecule has 1 aromatic rings. The van der Waals surface area contributed by atoms with E-state index in [1.165, 1.54) is 11.9 Å². The monoisotopic (exact) mass is 416 g/mol. The molecule has 0 bridgehead atoms. The predicted molar refractivity (Wildman–Crippen MR) is 99.2 cm³/mol. The van der Waals surface area contributed by atoms with Crippen LogP contribution in [-0.4, -0.2) is 68.8 Å². The molecule has 0 aliphatic carbocycles. The van der Waals surface area contributed by atoms with Crippen molar-refractivity contribution in [1.82, 2.24) is 10.2 Å². The molecule has 1 aliphatic rings. The number of likely N-dealkylation sites (N-methyl/N-ethyl adjacent to an activating group) is 1. The standard InChI is InChI=1S/C17H21ClN2O6S/c1-20(14-7-9-27(24,25)11-14)15(21)10-26-16(22)6-8-19-17(23)12-2-4-13(18)5-3-12/h2-5,14H,6-11H2,1H3,(H,19,23)/t14-/m1/s1. The summed E-state index contributed by atoms with van der Waals surface area (Å²) >= 11 is 5.75. The van der Waals surface area contributed by atoms with Crippen molar-refractivity contribution in [2.75, 3.05) is 31.7 Å². The summed E-state index contributed by atoms with van der Waals surface area (Å²) < 4.78 is 27.8. The summed E-state index contributed by atoms with van der Waals surface area (Å²) in [5, 5.41) is 3.08. The van der Waals surface area contributed by atoms with Gasteiger partial charge in [0.2, 0.25) is 0 Å². The number of amides is 2. The fourth-order valence-electron chi connectivity index (χ4n) is 2.58. The van der Waals surface area contributed by atoms with Gasteiger partial charge in [0.1, 0.15) is 0 Å². The first-order valence-electron chi connectivity index (χ1n) is 8.33. The lowest BCUT2D eigenvalue weighted by Crippen LogP contribution is -2.40. The van der Waals surface area contributed by atoms with Crippen LogP contribution in [0.1, 0.15) is 23.2 Å². The summed E-state index contributed by atoms with van der Waals surface area (Å²) in [6.45, 7) is -0.401. The molecule has 0 spiro atoms. The molecule has 0 radical (unpaired) electrons. The normalized spacial score (nSPS) is 17.9. The minimum Gasteiger partial charge on any atom is -0.456 e. The van der Waals surface area contributed by atoms with Crippen LogP contribution in [0.25, 0.3) is 0 Å². The van der Waals surface area contributed by atoms with Crippen molar-refractivity contribution >= 4 is 39.2 Å². The second-order valence-corrected chi connectivity index (χ2v) is 8.90. The number of sulfone groups is 1. The molecular formula is C17H21ClN2O6S. The lowest BCUT2D eigenvalue weighted by molar-refractivity contribution is -0.152. The van der Waals surface area contributed by atoms with Gasteiger partial charge in [-0.25, -0.2) is 8.42 Å². The maximum atomic E-state index is 12.0. The second-order valence-electron chi connectivity index (χ2n) is 6.23. The number of hydrogen-bond acceptors (Lipinski definition) is 6. The van der Waals surface area contributed by atoms with Gasteiger partial charge in [-0.3, -0.25) is 14.4 Å². The Morgan fingerprint density at radius 2 is 1.93 bits per heavy atom. The summed E-state index contributed by atoms with van der Waals surface area (Å²) in [7, 11) is -1.61. The van der Waals surface area contributed by atoms with E-state index in [9.17, 15) is 22.8 Å². The molecule has 1 atom stereocenters. The minimum atomic E-state index is -3.10. The molecule has 0 unspecified atom stereocenters. The van der Waals surface area contributed by atoms with E-state index >= 15 is 0 Å². The molecule has 1 aliphatic heterocycles. The Morgan fingerprint density at radius 1 is 1.26 bits per heavy atom. The van der Waals surface area contributed by atoms with Crippen LogP contribution in [0.15, 0.2) is 24.3 Å². The number of nitrogens with one attached hydrogen (secondary N) is 1. The highest BCUT2D eigenvalue weighted by atomic mass is 35.5. The first-order valence-corrected chi connectivity index (χ1v) is 10.5. The number of benzene rings is 1. The van der Waals surface area contributed by atoms with Crippen LogP contribution in [0, 0.1) is 0 Å². The van der Waals surface area contributed by atoms with E-state index in [2.05, 4.69) is 5.32 Å². The van der Waals surface area contributed by atoms with Crippen molar-refractivity contribution in [2.24, 2.45) is 0 Å². The Labute approximate surface area is 162 Å². The number of carbonyl (C=O) groups is 3. The highest BCUT2D eigenvalue weighted by molar-refractivity contribution is 7.91. The first-order chi connectivity index (χ1) is 12.7. The lowest BCUT2D eigenvalue weighted by Gasteiger charge is -2.23. The first kappa shape index (κ1) is 21.2. The van der Waals surface area contributed by atoms with Crippen LogP contribution in [-0.2, 0) is 24.2 Å². The molecule has 1 N–H and O–H groups in total. The third kappa shape index (κ3) is 6.51. The molecule has 1 fully saturated rings. The van der Waals surface area contributed by atoms with Gasteiger partial charge in [-0.1, -0.05) is 11.6 Å². The Hall–Kier alpha value is -2.13. The van der Waals surface area contributed by atoms with Crippen molar-refractivity contribution in [2.45, 2.75) is 18.9 Å². The van der Waals surface area contributed by atoms with Gasteiger partial charge in [0.25, 0.3) is 11.8 Å². The van der Waals surface area contributed by atoms with Crippen LogP contribution in [0.4, 0.5) is 0 Å². The number of ether oxygens (including phenoxy) is 1. The summed E-state index contributed by atoms with van der Waals surface area (Å²) in [4.78, 5) is 36.9. The number of esters is 1. The Balaban J connectivity index is 1.67. The van der Waals surface area contributed by atoms with Crippen molar-refractivity contribution in [3.05, 3.63) is 34.9 Å². The quantitative estimate of drug-likeness (QED) is 0.653. The van der Waals surface area contributed by atoms with E-state index in [-0.39, 0.29) is 36.4 Å². The molecule has 8 nitrogen and oxygen atoms in total. The highest BCUT2D eigenvalue weighted by Crippen LogP contribution is 2.16. The molecule has 0 saturated carbocycles. The topological polar surface area (TPSA) is 110 Å². The zero-order chi connectivity index (χ0) is 20.0. The van der Waals surface area contributed by atoms with Crippen LogP contribution in [0.3, 0.4) is 0 Å². The van der Waals surface area contributed by atoms with Gasteiger partial charge in [-0.2, -0.15) is 0 Å². The summed E-state index contributed by atoms with van der Waals surface area (Å²) in [6, 6.07) is 5.91. The van der Waals surface area contributed by atoms with E-state index < -0.39 is 28.3 Å². The van der Waals surface area contributed by atoms with Crippen molar-refractivity contribution in [1.29, 1.82) is 0 Å². The Morgan fingerprint density at radius 3 is 2.52 bits per heavy atom. The predicted octanol–water partition coefficient (Wildman–Crippen LogP) is 0.649. The highest BCUT2D eigenvalue weighted by Gasteiger charge is 2.32. The molecule has 27 heavy (non-hydrogen) atoms. The zero-order valence-electron chi connectivity index (χ0n) is 14.8. The number of carbonyl (C=O) groups excluding carboxylic acids is 3. The Bertz CT molecular complexity index is 809. The van der Waals surface area contributed by atoms with Gasteiger partial charge in [0, 0.05) is 30.2 Å². The van der Waals surface area contributed by atoms with Gasteiger partial charge in [-0.05, 0) is 30.7 Å². The van der Waals surface area contributed by atoms with Gasteiger partial charge in [0.15, 0.2) is 16.4 Å². The number of rotatable bonds is 7. The van der Waals surface area contributed by atoms with Crippen LogP contribution < -0.4 is 5.32 Å². The number of hydrogen-bond donors (Lipinski definition) is 1. The van der Waals surface area contributed by atoms with E-state index in [1.807, 2.05) is 0 Å². The number of halogens is 1. The fraction of sp³-hybridized carbons (Fsp3) is 0.471. The van der Waals surface area contributed by atoms with E-state index in [0.29, 0.717) is 17.0 Å². The number of nitrogens with zero attached hydrogens (tertiary/aromatic N) is 1. The zero-order valence-corrected chi connectivity index (χ0v) is 16.4. The summed E-state index contributed by atoms with van der Waals surface area (Å²) in [6.07, 6.45) is 0.295. The summed E-state index contributed by atoms with van der Waals surface area (Å²) in [5.74, 6) is -1.46. The average molecular weight is 417 g/mol. The van der Waals surface area contributed by atoms with Gasteiger partial charge < -0.3 is 15.0 Å². The molecule has 1 heterocycles. The Kier molecular flexibility index (Phi) is 7.20. The third-order valence-electron chi connectivity index (χ3n) is 4.23. The molecule has 1 saturated heterocycles. The van der Waals surface area contributed by atoms with Crippen LogP contribution in [0.5, 0.6) is 0 Å². The molecule has 10 heteroatoms. The largest absolute Gasteiger partial charge is 0.456 e. The third-order valence-corrected chi connectivity index (χ3v) is 6.23. The molecule has 148 valence electrons. The minimum absolute atomic E-state index is 0.0579. The van der Waals surface area contributed by atoms with Crippen molar-refractivity contribution in [3.8, 4) is 0 Å². The fourth-order valence-corrected chi connectivity index (χ4v) is 4.48. The van der Waals surface area contributed by atoms with E-state index in [0.717, 1.165) is 0 Å². The van der Waals surface area contributed by atoms with E-state index in [4.69, 9.17) is 16.3 Å². The van der Waals surface area contributed by atoms with E-state index in [1.54, 1.807) is 24.3 Å². The van der Waals surface area contributed by atoms with Crippen LogP contribution in [0.2, 0.25) is 5.02 Å². The van der Waals surface area contributed by atoms with Gasteiger partial charge in [0.05, 0.1) is 17.9 Å². The average Bonchev–Trinajstić information content (AvgIpc) is 2.99. The van der Waals surface area contributed by atoms with Crippen molar-refractivity contribution < 1.29 is 27.5 Å². The molecule has 2 rings (SSSR count). The maximum absolute atomic E-state index is 12.0. The second kappa shape index (κ2) is 9.18. The molecule has 2 amide bonds. The molecule has 1 aromatic carbocycles. The molecule has 0 aromatic heterocycles. The van der Waals surface area contributed by atoms with Crippen LogP contribution >= 0.6 is 11.6 Å². The summed E-state index contributed by atoms with van der Waals surface area (Å²) in [5.41, 5.74) is 0.413. The van der Waals surface area contributed by atoms with Gasteiger partial charge in [-0.15, -0.1) is 0 Å². The van der Waals surface area contributed by atoms with Gasteiger partial charge >= 0.3 is 5.97 Å². The molecular weight excluding hydrogens is 396 g/mol. The SMILES string of the molecule is CN(C(=O)COC(=O)CCNC(=O)c1ccc(Cl)cc1)[C@@H]1CCS(=O)(=O)C1. The van der Waals surface area contributed by atoms with Crippen molar-refractivity contribution in [3.63, 3.8) is 0 Å². The maximum Gasteiger partial charge on any atom is 0.308 e. The smallest absolute Gasteiger partial charge is 0.308 e.